The SMILES string of the molecule is O=C(Nc1ccccc1)C1CCN(C(=O)CN2c3cccc4cccc(c34)S2(=O)=O)CC1. The quantitative estimate of drug-likeness (QED) is 0.663. The topological polar surface area (TPSA) is 86.8 Å². The second kappa shape index (κ2) is 7.94. The molecule has 2 heterocycles. The molecular formula is C24H23N3O4S. The summed E-state index contributed by atoms with van der Waals surface area (Å²) in [6.45, 7) is 0.616. The Hall–Kier alpha value is -3.39. The van der Waals surface area contributed by atoms with Crippen LogP contribution >= 0.6 is 0 Å². The van der Waals surface area contributed by atoms with Crippen LogP contribution in [0.25, 0.3) is 10.8 Å². The number of rotatable bonds is 4. The zero-order valence-corrected chi connectivity index (χ0v) is 18.2. The second-order valence-electron chi connectivity index (χ2n) is 8.15. The van der Waals surface area contributed by atoms with E-state index in [1.807, 2.05) is 42.5 Å². The third-order valence-electron chi connectivity index (χ3n) is 6.22. The fourth-order valence-corrected chi connectivity index (χ4v) is 6.17. The molecule has 1 fully saturated rings. The Balaban J connectivity index is 1.25. The van der Waals surface area contributed by atoms with E-state index in [1.165, 1.54) is 4.31 Å². The summed E-state index contributed by atoms with van der Waals surface area (Å²) >= 11 is 0. The first kappa shape index (κ1) is 20.5. The lowest BCUT2D eigenvalue weighted by atomic mass is 9.95. The average Bonchev–Trinajstić information content (AvgIpc) is 3.03. The number of carbonyl (C=O) groups excluding carboxylic acids is 2. The molecule has 0 bridgehead atoms. The molecule has 0 unspecified atom stereocenters. The summed E-state index contributed by atoms with van der Waals surface area (Å²) in [5, 5.41) is 4.42. The van der Waals surface area contributed by atoms with Crippen molar-refractivity contribution in [2.24, 2.45) is 5.92 Å². The molecule has 32 heavy (non-hydrogen) atoms. The zero-order valence-electron chi connectivity index (χ0n) is 17.4. The summed E-state index contributed by atoms with van der Waals surface area (Å²) < 4.78 is 27.4. The second-order valence-corrected chi connectivity index (χ2v) is 9.98. The molecule has 3 aromatic carbocycles. The van der Waals surface area contributed by atoms with Crippen molar-refractivity contribution in [3.63, 3.8) is 0 Å². The molecule has 8 heteroatoms. The van der Waals surface area contributed by atoms with Crippen LogP contribution in [-0.4, -0.2) is 44.8 Å². The minimum atomic E-state index is -3.77. The standard InChI is InChI=1S/C24H23N3O4S/c28-22(26-14-12-18(13-15-26)24(29)25-19-8-2-1-3-9-19)16-27-20-10-4-6-17-7-5-11-21(23(17)20)32(27,30)31/h1-11,18H,12-16H2,(H,25,29). The van der Waals surface area contributed by atoms with E-state index < -0.39 is 10.0 Å². The summed E-state index contributed by atoms with van der Waals surface area (Å²) in [7, 11) is -3.77. The van der Waals surface area contributed by atoms with Crippen LogP contribution in [0.5, 0.6) is 0 Å². The van der Waals surface area contributed by atoms with E-state index in [9.17, 15) is 18.0 Å². The highest BCUT2D eigenvalue weighted by Gasteiger charge is 2.38. The predicted molar refractivity (Wildman–Crippen MR) is 123 cm³/mol. The minimum absolute atomic E-state index is 0.0486. The molecule has 0 saturated carbocycles. The minimum Gasteiger partial charge on any atom is -0.341 e. The number of piperidine rings is 1. The van der Waals surface area contributed by atoms with Crippen LogP contribution in [0.4, 0.5) is 11.4 Å². The van der Waals surface area contributed by atoms with Crippen molar-refractivity contribution >= 4 is 44.0 Å². The van der Waals surface area contributed by atoms with Crippen molar-refractivity contribution < 1.29 is 18.0 Å². The molecule has 0 aromatic heterocycles. The van der Waals surface area contributed by atoms with Gasteiger partial charge in [0.25, 0.3) is 10.0 Å². The van der Waals surface area contributed by atoms with Gasteiger partial charge in [-0.25, -0.2) is 8.42 Å². The lowest BCUT2D eigenvalue weighted by Crippen LogP contribution is -2.46. The molecule has 0 aliphatic carbocycles. The number of para-hydroxylation sites is 1. The molecule has 2 amide bonds. The van der Waals surface area contributed by atoms with Gasteiger partial charge in [0.05, 0.1) is 10.6 Å². The van der Waals surface area contributed by atoms with Crippen LogP contribution in [0.1, 0.15) is 12.8 Å². The smallest absolute Gasteiger partial charge is 0.265 e. The van der Waals surface area contributed by atoms with Crippen LogP contribution in [-0.2, 0) is 19.6 Å². The monoisotopic (exact) mass is 449 g/mol. The van der Waals surface area contributed by atoms with Crippen LogP contribution in [0.2, 0.25) is 0 Å². The van der Waals surface area contributed by atoms with Crippen LogP contribution in [0.15, 0.2) is 71.6 Å². The van der Waals surface area contributed by atoms with Gasteiger partial charge in [0.2, 0.25) is 11.8 Å². The van der Waals surface area contributed by atoms with Crippen molar-refractivity contribution in [1.82, 2.24) is 4.90 Å². The highest BCUT2D eigenvalue weighted by molar-refractivity contribution is 7.93. The van der Waals surface area contributed by atoms with Gasteiger partial charge in [0.1, 0.15) is 6.54 Å². The first-order valence-electron chi connectivity index (χ1n) is 10.6. The van der Waals surface area contributed by atoms with Gasteiger partial charge in [-0.3, -0.25) is 13.9 Å². The third kappa shape index (κ3) is 3.50. The third-order valence-corrected chi connectivity index (χ3v) is 8.02. The Morgan fingerprint density at radius 1 is 0.906 bits per heavy atom. The van der Waals surface area contributed by atoms with Gasteiger partial charge < -0.3 is 10.2 Å². The van der Waals surface area contributed by atoms with E-state index in [0.717, 1.165) is 11.1 Å². The van der Waals surface area contributed by atoms with Gasteiger partial charge in [-0.05, 0) is 42.5 Å². The summed E-state index contributed by atoms with van der Waals surface area (Å²) in [5.74, 6) is -0.472. The number of sulfonamides is 1. The number of benzene rings is 3. The molecule has 5 rings (SSSR count). The molecule has 1 saturated heterocycles. The summed E-state index contributed by atoms with van der Waals surface area (Å²) in [6.07, 6.45) is 1.10. The normalized spacial score (nSPS) is 17.5. The number of hydrogen-bond acceptors (Lipinski definition) is 4. The molecule has 7 nitrogen and oxygen atoms in total. The van der Waals surface area contributed by atoms with E-state index >= 15 is 0 Å². The van der Waals surface area contributed by atoms with Crippen molar-refractivity contribution in [2.45, 2.75) is 17.7 Å². The maximum absolute atomic E-state index is 13.1. The van der Waals surface area contributed by atoms with E-state index in [-0.39, 0.29) is 29.2 Å². The molecule has 0 spiro atoms. The number of likely N-dealkylation sites (tertiary alicyclic amines) is 1. The predicted octanol–water partition coefficient (Wildman–Crippen LogP) is 3.23. The molecule has 1 N–H and O–H groups in total. The summed E-state index contributed by atoms with van der Waals surface area (Å²) in [5.41, 5.74) is 1.30. The van der Waals surface area contributed by atoms with E-state index in [0.29, 0.717) is 37.0 Å². The van der Waals surface area contributed by atoms with Gasteiger partial charge in [0, 0.05) is 30.1 Å². The number of anilines is 2. The van der Waals surface area contributed by atoms with E-state index in [4.69, 9.17) is 0 Å². The lowest BCUT2D eigenvalue weighted by molar-refractivity contribution is -0.133. The molecule has 2 aliphatic heterocycles. The highest BCUT2D eigenvalue weighted by Crippen LogP contribution is 2.41. The maximum Gasteiger partial charge on any atom is 0.265 e. The van der Waals surface area contributed by atoms with Crippen molar-refractivity contribution in [3.05, 3.63) is 66.7 Å². The average molecular weight is 450 g/mol. The Morgan fingerprint density at radius 2 is 1.59 bits per heavy atom. The molecular weight excluding hydrogens is 426 g/mol. The Morgan fingerprint density at radius 3 is 2.31 bits per heavy atom. The number of amides is 2. The van der Waals surface area contributed by atoms with Gasteiger partial charge in [-0.2, -0.15) is 0 Å². The Bertz CT molecular complexity index is 1290. The number of nitrogens with one attached hydrogen (secondary N) is 1. The molecule has 0 atom stereocenters. The molecule has 164 valence electrons. The Labute approximate surface area is 186 Å². The first-order chi connectivity index (χ1) is 15.4. The van der Waals surface area contributed by atoms with Crippen molar-refractivity contribution in [3.8, 4) is 0 Å². The lowest BCUT2D eigenvalue weighted by Gasteiger charge is -2.32. The largest absolute Gasteiger partial charge is 0.341 e. The fourth-order valence-electron chi connectivity index (χ4n) is 4.51. The van der Waals surface area contributed by atoms with Gasteiger partial charge in [-0.1, -0.05) is 42.5 Å². The number of hydrogen-bond donors (Lipinski definition) is 1. The van der Waals surface area contributed by atoms with Gasteiger partial charge >= 0.3 is 0 Å². The summed E-state index contributed by atoms with van der Waals surface area (Å²) in [4.78, 5) is 27.4. The Kier molecular flexibility index (Phi) is 5.09. The number of nitrogens with zero attached hydrogens (tertiary/aromatic N) is 2. The molecule has 2 aliphatic rings. The molecule has 3 aromatic rings. The van der Waals surface area contributed by atoms with Crippen LogP contribution < -0.4 is 9.62 Å². The first-order valence-corrected chi connectivity index (χ1v) is 12.1. The zero-order chi connectivity index (χ0) is 22.3. The maximum atomic E-state index is 13.1. The van der Waals surface area contributed by atoms with E-state index in [1.54, 1.807) is 29.2 Å². The summed E-state index contributed by atoms with van der Waals surface area (Å²) in [6, 6.07) is 19.9. The van der Waals surface area contributed by atoms with Gasteiger partial charge in [-0.15, -0.1) is 0 Å². The van der Waals surface area contributed by atoms with Gasteiger partial charge in [0.15, 0.2) is 0 Å². The van der Waals surface area contributed by atoms with E-state index in [2.05, 4.69) is 5.32 Å². The fraction of sp³-hybridized carbons (Fsp3) is 0.250. The molecule has 0 radical (unpaired) electrons. The van der Waals surface area contributed by atoms with Crippen molar-refractivity contribution in [2.75, 3.05) is 29.3 Å². The number of carbonyl (C=O) groups is 2. The van der Waals surface area contributed by atoms with Crippen LogP contribution in [0.3, 0.4) is 0 Å². The van der Waals surface area contributed by atoms with Crippen LogP contribution in [0, 0.1) is 5.92 Å². The highest BCUT2D eigenvalue weighted by atomic mass is 32.2. The van der Waals surface area contributed by atoms with Crippen molar-refractivity contribution in [1.29, 1.82) is 0 Å².